The predicted molar refractivity (Wildman–Crippen MR) is 71.5 cm³/mol. The molecule has 0 radical (unpaired) electrons. The lowest BCUT2D eigenvalue weighted by molar-refractivity contribution is -0.157. The highest BCUT2D eigenvalue weighted by atomic mass is 16.4. The van der Waals surface area contributed by atoms with Gasteiger partial charge in [-0.3, -0.25) is 9.59 Å². The first-order chi connectivity index (χ1) is 9.03. The number of amides is 1. The van der Waals surface area contributed by atoms with Crippen molar-refractivity contribution in [2.45, 2.75) is 38.6 Å². The molecule has 1 amide bonds. The number of carboxylic acids is 1. The Morgan fingerprint density at radius 2 is 1.95 bits per heavy atom. The Bertz CT molecular complexity index is 466. The molecule has 1 aromatic rings. The van der Waals surface area contributed by atoms with Gasteiger partial charge >= 0.3 is 5.97 Å². The number of benzene rings is 1. The summed E-state index contributed by atoms with van der Waals surface area (Å²) < 4.78 is 0. The second-order valence-corrected chi connectivity index (χ2v) is 5.32. The number of nitrogens with one attached hydrogen (secondary N) is 1. The minimum Gasteiger partial charge on any atom is -0.481 e. The monoisotopic (exact) mass is 261 g/mol. The lowest BCUT2D eigenvalue weighted by atomic mass is 9.66. The molecular formula is C15H19NO3. The van der Waals surface area contributed by atoms with Gasteiger partial charge in [-0.05, 0) is 25.3 Å². The van der Waals surface area contributed by atoms with E-state index < -0.39 is 11.4 Å². The molecule has 1 fully saturated rings. The fraction of sp³-hybridized carbons (Fsp3) is 0.467. The summed E-state index contributed by atoms with van der Waals surface area (Å²) in [7, 11) is 0. The van der Waals surface area contributed by atoms with Crippen LogP contribution in [0.15, 0.2) is 30.3 Å². The first-order valence-corrected chi connectivity index (χ1v) is 6.61. The Hall–Kier alpha value is -1.84. The standard InChI is InChI=1S/C15H19NO3/c1-11(12-6-3-2-4-7-12)16-13(17)10-15(14(18)19)8-5-9-15/h2-4,6-7,11H,5,8-10H2,1H3,(H,16,17)(H,18,19). The highest BCUT2D eigenvalue weighted by Gasteiger charge is 2.45. The number of hydrogen-bond donors (Lipinski definition) is 2. The van der Waals surface area contributed by atoms with Gasteiger partial charge in [-0.1, -0.05) is 36.8 Å². The van der Waals surface area contributed by atoms with Crippen LogP contribution in [0.1, 0.15) is 44.2 Å². The van der Waals surface area contributed by atoms with Gasteiger partial charge in [0.1, 0.15) is 0 Å². The molecule has 1 aliphatic carbocycles. The Labute approximate surface area is 112 Å². The molecule has 1 aliphatic rings. The number of carbonyl (C=O) groups excluding carboxylic acids is 1. The van der Waals surface area contributed by atoms with Crippen molar-refractivity contribution in [2.24, 2.45) is 5.41 Å². The van der Waals surface area contributed by atoms with E-state index in [4.69, 9.17) is 0 Å². The van der Waals surface area contributed by atoms with E-state index in [-0.39, 0.29) is 18.4 Å². The van der Waals surface area contributed by atoms with Crippen LogP contribution in [-0.4, -0.2) is 17.0 Å². The van der Waals surface area contributed by atoms with Gasteiger partial charge in [-0.25, -0.2) is 0 Å². The number of hydrogen-bond acceptors (Lipinski definition) is 2. The van der Waals surface area contributed by atoms with Crippen LogP contribution in [0.3, 0.4) is 0 Å². The van der Waals surface area contributed by atoms with Crippen molar-refractivity contribution in [3.8, 4) is 0 Å². The Morgan fingerprint density at radius 3 is 2.42 bits per heavy atom. The normalized spacial score (nSPS) is 18.2. The van der Waals surface area contributed by atoms with Gasteiger partial charge in [0.25, 0.3) is 0 Å². The van der Waals surface area contributed by atoms with Gasteiger partial charge in [-0.15, -0.1) is 0 Å². The van der Waals surface area contributed by atoms with Gasteiger partial charge in [0.05, 0.1) is 11.5 Å². The first-order valence-electron chi connectivity index (χ1n) is 6.61. The molecule has 19 heavy (non-hydrogen) atoms. The third-order valence-electron chi connectivity index (χ3n) is 3.94. The molecule has 1 unspecified atom stereocenters. The van der Waals surface area contributed by atoms with Gasteiger partial charge in [-0.2, -0.15) is 0 Å². The highest BCUT2D eigenvalue weighted by Crippen LogP contribution is 2.44. The molecule has 4 nitrogen and oxygen atoms in total. The quantitative estimate of drug-likeness (QED) is 0.855. The van der Waals surface area contributed by atoms with Gasteiger partial charge in [0, 0.05) is 6.42 Å². The van der Waals surface area contributed by atoms with Gasteiger partial charge in [0.15, 0.2) is 0 Å². The Kier molecular flexibility index (Phi) is 3.88. The average Bonchev–Trinajstić information content (AvgIpc) is 2.34. The summed E-state index contributed by atoms with van der Waals surface area (Å²) >= 11 is 0. The molecule has 1 saturated carbocycles. The van der Waals surface area contributed by atoms with Gasteiger partial charge in [0.2, 0.25) is 5.91 Å². The summed E-state index contributed by atoms with van der Waals surface area (Å²) in [5.74, 6) is -1.03. The summed E-state index contributed by atoms with van der Waals surface area (Å²) in [5.41, 5.74) is 0.203. The number of carbonyl (C=O) groups is 2. The second-order valence-electron chi connectivity index (χ2n) is 5.32. The molecule has 1 aromatic carbocycles. The zero-order chi connectivity index (χ0) is 13.9. The van der Waals surface area contributed by atoms with E-state index in [1.54, 1.807) is 0 Å². The maximum atomic E-state index is 12.0. The van der Waals surface area contributed by atoms with E-state index in [9.17, 15) is 14.7 Å². The van der Waals surface area contributed by atoms with Crippen LogP contribution in [0.25, 0.3) is 0 Å². The average molecular weight is 261 g/mol. The van der Waals surface area contributed by atoms with Crippen LogP contribution in [0.4, 0.5) is 0 Å². The third-order valence-corrected chi connectivity index (χ3v) is 3.94. The van der Waals surface area contributed by atoms with E-state index in [1.165, 1.54) is 0 Å². The predicted octanol–water partition coefficient (Wildman–Crippen LogP) is 2.51. The summed E-state index contributed by atoms with van der Waals surface area (Å²) in [4.78, 5) is 23.2. The maximum absolute atomic E-state index is 12.0. The van der Waals surface area contributed by atoms with Crippen molar-refractivity contribution >= 4 is 11.9 Å². The minimum absolute atomic E-state index is 0.0828. The summed E-state index contributed by atoms with van der Waals surface area (Å²) in [6.07, 6.45) is 2.19. The zero-order valence-electron chi connectivity index (χ0n) is 11.1. The number of rotatable bonds is 5. The molecule has 0 saturated heterocycles. The molecular weight excluding hydrogens is 242 g/mol. The van der Waals surface area contributed by atoms with E-state index in [1.807, 2.05) is 37.3 Å². The van der Waals surface area contributed by atoms with Crippen LogP contribution < -0.4 is 5.32 Å². The molecule has 0 bridgehead atoms. The summed E-state index contributed by atoms with van der Waals surface area (Å²) in [6, 6.07) is 9.55. The molecule has 2 rings (SSSR count). The van der Waals surface area contributed by atoms with Crippen molar-refractivity contribution in [1.82, 2.24) is 5.32 Å². The van der Waals surface area contributed by atoms with Crippen molar-refractivity contribution in [3.63, 3.8) is 0 Å². The summed E-state index contributed by atoms with van der Waals surface area (Å²) in [6.45, 7) is 1.90. The number of aliphatic carboxylic acids is 1. The number of carboxylic acid groups (broad SMARTS) is 1. The SMILES string of the molecule is CC(NC(=O)CC1(C(=O)O)CCC1)c1ccccc1. The largest absolute Gasteiger partial charge is 0.481 e. The van der Waals surface area contributed by atoms with Crippen molar-refractivity contribution in [1.29, 1.82) is 0 Å². The van der Waals surface area contributed by atoms with Crippen molar-refractivity contribution < 1.29 is 14.7 Å². The second kappa shape index (κ2) is 5.43. The van der Waals surface area contributed by atoms with Crippen LogP contribution >= 0.6 is 0 Å². The lowest BCUT2D eigenvalue weighted by Gasteiger charge is -2.37. The van der Waals surface area contributed by atoms with E-state index in [0.717, 1.165) is 12.0 Å². The third kappa shape index (κ3) is 2.95. The summed E-state index contributed by atoms with van der Waals surface area (Å²) in [5, 5.41) is 12.1. The Morgan fingerprint density at radius 1 is 1.32 bits per heavy atom. The molecule has 0 spiro atoms. The van der Waals surface area contributed by atoms with Gasteiger partial charge < -0.3 is 10.4 Å². The topological polar surface area (TPSA) is 66.4 Å². The molecule has 2 N–H and O–H groups in total. The zero-order valence-corrected chi connectivity index (χ0v) is 11.1. The molecule has 0 heterocycles. The van der Waals surface area contributed by atoms with E-state index in [0.29, 0.717) is 12.8 Å². The Balaban J connectivity index is 1.93. The van der Waals surface area contributed by atoms with Crippen LogP contribution in [-0.2, 0) is 9.59 Å². The maximum Gasteiger partial charge on any atom is 0.310 e. The molecule has 102 valence electrons. The molecule has 0 aromatic heterocycles. The lowest BCUT2D eigenvalue weighted by Crippen LogP contribution is -2.42. The first kappa shape index (κ1) is 13.6. The van der Waals surface area contributed by atoms with E-state index >= 15 is 0 Å². The van der Waals surface area contributed by atoms with Crippen molar-refractivity contribution in [3.05, 3.63) is 35.9 Å². The molecule has 0 aliphatic heterocycles. The highest BCUT2D eigenvalue weighted by molar-refractivity contribution is 5.85. The molecule has 1 atom stereocenters. The fourth-order valence-electron chi connectivity index (χ4n) is 2.49. The smallest absolute Gasteiger partial charge is 0.310 e. The van der Waals surface area contributed by atoms with Crippen LogP contribution in [0, 0.1) is 5.41 Å². The van der Waals surface area contributed by atoms with Crippen LogP contribution in [0.2, 0.25) is 0 Å². The van der Waals surface area contributed by atoms with Crippen molar-refractivity contribution in [2.75, 3.05) is 0 Å². The van der Waals surface area contributed by atoms with E-state index in [2.05, 4.69) is 5.32 Å². The fourth-order valence-corrected chi connectivity index (χ4v) is 2.49. The minimum atomic E-state index is -0.846. The molecule has 4 heteroatoms. The van der Waals surface area contributed by atoms with Crippen LogP contribution in [0.5, 0.6) is 0 Å².